The number of carbonyl (C=O) groups excluding carboxylic acids is 8. The number of fused-ring (bicyclic) bond motifs is 3. The van der Waals surface area contributed by atoms with Gasteiger partial charge >= 0.3 is 18.1 Å². The molecule has 0 spiro atoms. The van der Waals surface area contributed by atoms with Gasteiger partial charge in [-0.1, -0.05) is 99.6 Å². The number of piperidine rings is 1. The number of nitrogens with zero attached hydrogens (tertiary/aromatic N) is 1. The van der Waals surface area contributed by atoms with Crippen molar-refractivity contribution in [1.29, 1.82) is 0 Å². The number of aliphatic carboxylic acids is 1. The Balaban J connectivity index is 1.37. The summed E-state index contributed by atoms with van der Waals surface area (Å²) in [4.78, 5) is 123. The van der Waals surface area contributed by atoms with E-state index in [1.165, 1.54) is 24.8 Å². The van der Waals surface area contributed by atoms with Crippen molar-refractivity contribution in [2.24, 2.45) is 41.4 Å². The lowest BCUT2D eigenvalue weighted by Crippen LogP contribution is -2.61. The van der Waals surface area contributed by atoms with E-state index < -0.39 is 169 Å². The number of Topliss-reactive ketones (excluding diaryl/α,β-unsaturated/α-hetero) is 3. The largest absolute Gasteiger partial charge is 0.508 e. The predicted octanol–water partition coefficient (Wildman–Crippen LogP) is 4.28. The molecule has 10 N–H and O–H groups in total. The standard InChI is InChI=1S/C71H113N3O25S2/c1-40-17-13-12-14-18-41(2)56(92-9)35-49-23-21-47(8)71(91,99-49)65(84)67(86)74-26-16-15-19-51(74)69(89)98-57(36-52(76)43(4)32-46(7)61(81)64(94-11)60(80)45(6)31-40)44(5)33-48-22-24-55(58(34-48)93-10)95-27-28-96-70(90)97-29-30-100-101-39-50(68(87)88)73-66(85)42(3)20-25-59(79)72-37-53(77)62(82)63(83)54(78)38-75/h12-14,17-18,32,40,42-45,47-51,53-58,61-64,75,77-78,81-83,91H,15-16,19-31,33-39H2,1-11H3,(H,72,79)(H,73,85)(H,87,88)/b14-12?,17-13+,41-18?,46-32+/t40-,42+,43-,44-,45-,47-,48+,49+,50+,51+,53+,54-,55-,56+,57+,58-,61-,62-,63-,64+,71-/m1/s1. The molecule has 28 nitrogen and oxygen atoms in total. The Morgan fingerprint density at radius 3 is 2.18 bits per heavy atom. The van der Waals surface area contributed by atoms with Crippen molar-refractivity contribution in [3.8, 4) is 0 Å². The maximum Gasteiger partial charge on any atom is 0.508 e. The number of esters is 1. The molecule has 574 valence electrons. The first-order valence-corrected chi connectivity index (χ1v) is 37.6. The average molecular weight is 1470 g/mol. The van der Waals surface area contributed by atoms with Crippen molar-refractivity contribution in [3.63, 3.8) is 0 Å². The Morgan fingerprint density at radius 2 is 1.50 bits per heavy atom. The lowest BCUT2D eigenvalue weighted by Gasteiger charge is -2.42. The average Bonchev–Trinajstić information content (AvgIpc) is 0.774. The molecule has 2 bridgehead atoms. The van der Waals surface area contributed by atoms with Gasteiger partial charge in [0.2, 0.25) is 17.6 Å². The molecular weight excluding hydrogens is 1360 g/mol. The number of aliphatic hydroxyl groups excluding tert-OH is 6. The summed E-state index contributed by atoms with van der Waals surface area (Å²) >= 11 is 0. The van der Waals surface area contributed by atoms with E-state index >= 15 is 0 Å². The number of ether oxygens (including phenoxy) is 8. The van der Waals surface area contributed by atoms with Crippen LogP contribution >= 0.6 is 21.6 Å². The highest BCUT2D eigenvalue weighted by Crippen LogP contribution is 2.38. The van der Waals surface area contributed by atoms with E-state index in [2.05, 4.69) is 10.6 Å². The highest BCUT2D eigenvalue weighted by Gasteiger charge is 2.53. The van der Waals surface area contributed by atoms with Gasteiger partial charge in [0.25, 0.3) is 11.7 Å². The lowest BCUT2D eigenvalue weighted by molar-refractivity contribution is -0.265. The number of cyclic esters (lactones) is 1. The van der Waals surface area contributed by atoms with Crippen molar-refractivity contribution in [2.45, 2.75) is 230 Å². The van der Waals surface area contributed by atoms with Gasteiger partial charge in [0.1, 0.15) is 67.7 Å². The minimum absolute atomic E-state index is 0.0000759. The summed E-state index contributed by atoms with van der Waals surface area (Å²) in [5.41, 5.74) is 1.17. The minimum Gasteiger partial charge on any atom is -0.480 e. The van der Waals surface area contributed by atoms with Crippen LogP contribution in [0.25, 0.3) is 0 Å². The molecular formula is C71H113N3O25S2. The second-order valence-electron chi connectivity index (χ2n) is 27.4. The third kappa shape index (κ3) is 28.0. The number of methoxy groups -OCH3 is 3. The molecule has 3 heterocycles. The second-order valence-corrected chi connectivity index (χ2v) is 30.1. The zero-order chi connectivity index (χ0) is 75.3. The maximum absolute atomic E-state index is 14.7. The van der Waals surface area contributed by atoms with Crippen LogP contribution in [0.3, 0.4) is 0 Å². The zero-order valence-corrected chi connectivity index (χ0v) is 62.0. The van der Waals surface area contributed by atoms with Crippen LogP contribution in [0.2, 0.25) is 0 Å². The van der Waals surface area contributed by atoms with Gasteiger partial charge in [0.05, 0.1) is 43.7 Å². The molecule has 30 heteroatoms. The number of aliphatic hydroxyl groups is 7. The third-order valence-corrected chi connectivity index (χ3v) is 21.9. The third-order valence-electron chi connectivity index (χ3n) is 19.5. The fourth-order valence-electron chi connectivity index (χ4n) is 12.9. The van der Waals surface area contributed by atoms with Crippen LogP contribution in [-0.4, -0.2) is 256 Å². The molecule has 21 atom stereocenters. The SMILES string of the molecule is CO[C@H]1C[C@@H]2CC[C@@H](C)[C@@](O)(O2)C(=O)C(=O)N2CCCC[C@H]2C(=O)O[C@H]([C@H](C)C[C@@H]2CC[C@@H](OCCOC(=O)OCCSSC[C@H](NC(=O)[C@@H](C)CCC(=O)NC[C@H](O)[C@@H](O)[C@H](O)[C@H](O)CO)C(=O)O)[C@H](OC)C2)CC(=O)[C@H](C)/C=C(\C)[C@@H](O)[C@@H](OC)C(=O)[C@H](C)C[C@H](C)/C=C/C=CC=C1C. The van der Waals surface area contributed by atoms with Crippen molar-refractivity contribution < 1.29 is 122 Å². The topological polar surface area (TPSA) is 417 Å². The first kappa shape index (κ1) is 88.2. The second kappa shape index (κ2) is 44.6. The molecule has 0 unspecified atom stereocenters. The summed E-state index contributed by atoms with van der Waals surface area (Å²) in [6.07, 6.45) is 1.72. The van der Waals surface area contributed by atoms with Gasteiger partial charge < -0.3 is 94.3 Å². The molecule has 0 aromatic rings. The fourth-order valence-corrected chi connectivity index (χ4v) is 14.9. The predicted molar refractivity (Wildman–Crippen MR) is 373 cm³/mol. The number of ketones is 3. The molecule has 0 aromatic heterocycles. The number of carboxylic acid groups (broad SMARTS) is 1. The number of hydrogen-bond acceptors (Lipinski definition) is 26. The van der Waals surface area contributed by atoms with Gasteiger partial charge in [-0.05, 0) is 113 Å². The quantitative estimate of drug-likeness (QED) is 0.0172. The lowest BCUT2D eigenvalue weighted by atomic mass is 9.78. The van der Waals surface area contributed by atoms with Gasteiger partial charge in [0.15, 0.2) is 5.78 Å². The van der Waals surface area contributed by atoms with Gasteiger partial charge in [-0.25, -0.2) is 14.4 Å². The number of carbonyl (C=O) groups is 9. The van der Waals surface area contributed by atoms with Crippen LogP contribution in [-0.2, 0) is 76.3 Å². The summed E-state index contributed by atoms with van der Waals surface area (Å²) < 4.78 is 46.5. The molecule has 3 aliphatic heterocycles. The van der Waals surface area contributed by atoms with Crippen molar-refractivity contribution in [1.82, 2.24) is 15.5 Å². The summed E-state index contributed by atoms with van der Waals surface area (Å²) in [7, 11) is 6.75. The van der Waals surface area contributed by atoms with Crippen LogP contribution < -0.4 is 10.6 Å². The van der Waals surface area contributed by atoms with Crippen LogP contribution in [0, 0.1) is 41.4 Å². The Kier molecular flexibility index (Phi) is 38.9. The van der Waals surface area contributed by atoms with E-state index in [-0.39, 0.29) is 93.4 Å². The first-order chi connectivity index (χ1) is 47.8. The van der Waals surface area contributed by atoms with Gasteiger partial charge in [-0.15, -0.1) is 0 Å². The van der Waals surface area contributed by atoms with Crippen molar-refractivity contribution in [3.05, 3.63) is 47.6 Å². The molecule has 4 rings (SSSR count). The molecule has 1 saturated carbocycles. The fraction of sp³-hybridized carbons (Fsp3) is 0.761. The number of carboxylic acids is 1. The van der Waals surface area contributed by atoms with E-state index in [1.54, 1.807) is 48.0 Å². The van der Waals surface area contributed by atoms with E-state index in [0.29, 0.717) is 63.4 Å². The first-order valence-electron chi connectivity index (χ1n) is 35.1. The highest BCUT2D eigenvalue weighted by atomic mass is 33.1. The number of allylic oxidation sites excluding steroid dienone is 6. The highest BCUT2D eigenvalue weighted by molar-refractivity contribution is 8.76. The van der Waals surface area contributed by atoms with Crippen LogP contribution in [0.5, 0.6) is 0 Å². The molecule has 2 saturated heterocycles. The summed E-state index contributed by atoms with van der Waals surface area (Å²) in [5, 5.41) is 86.3. The molecule has 4 aliphatic rings. The van der Waals surface area contributed by atoms with Crippen molar-refractivity contribution in [2.75, 3.05) is 72.4 Å². The Hall–Kier alpha value is -5.19. The number of hydrogen-bond donors (Lipinski definition) is 10. The monoisotopic (exact) mass is 1470 g/mol. The molecule has 3 amide bonds. The molecule has 0 aromatic carbocycles. The van der Waals surface area contributed by atoms with E-state index in [4.69, 9.17) is 43.0 Å². The van der Waals surface area contributed by atoms with E-state index in [0.717, 1.165) is 21.3 Å². The number of amides is 3. The minimum atomic E-state index is -2.50. The van der Waals surface area contributed by atoms with Crippen LogP contribution in [0.1, 0.15) is 145 Å². The van der Waals surface area contributed by atoms with Crippen LogP contribution in [0.4, 0.5) is 4.79 Å². The van der Waals surface area contributed by atoms with Crippen molar-refractivity contribution >= 4 is 74.8 Å². The van der Waals surface area contributed by atoms with Gasteiger partial charge in [0, 0.05) is 88.9 Å². The number of nitrogens with one attached hydrogen (secondary N) is 2. The molecule has 1 aliphatic carbocycles. The van der Waals surface area contributed by atoms with Crippen LogP contribution in [0.15, 0.2) is 47.6 Å². The summed E-state index contributed by atoms with van der Waals surface area (Å²) in [5.74, 6) is -12.0. The Labute approximate surface area is 601 Å². The molecule has 3 fully saturated rings. The normalized spacial score (nSPS) is 31.1. The van der Waals surface area contributed by atoms with E-state index in [9.17, 15) is 78.9 Å². The van der Waals surface area contributed by atoms with Gasteiger partial charge in [-0.3, -0.25) is 28.8 Å². The molecule has 0 radical (unpaired) electrons. The van der Waals surface area contributed by atoms with Gasteiger partial charge in [-0.2, -0.15) is 0 Å². The van der Waals surface area contributed by atoms with E-state index in [1.807, 2.05) is 51.2 Å². The summed E-state index contributed by atoms with van der Waals surface area (Å²) in [6.45, 7) is 12.3. The summed E-state index contributed by atoms with van der Waals surface area (Å²) in [6, 6.07) is -2.52. The smallest absolute Gasteiger partial charge is 0.480 e. The maximum atomic E-state index is 14.7. The number of rotatable bonds is 28. The molecule has 101 heavy (non-hydrogen) atoms. The Morgan fingerprint density at radius 1 is 0.802 bits per heavy atom. The Bertz CT molecular complexity index is 2810. The zero-order valence-electron chi connectivity index (χ0n) is 60.3.